The number of rotatable bonds is 5. The van der Waals surface area contributed by atoms with Crippen molar-refractivity contribution in [1.82, 2.24) is 10.3 Å². The molecule has 0 atom stereocenters. The minimum Gasteiger partial charge on any atom is -0.397 e. The Morgan fingerprint density at radius 2 is 1.75 bits per heavy atom. The summed E-state index contributed by atoms with van der Waals surface area (Å²) in [6.45, 7) is 1.69. The van der Waals surface area contributed by atoms with E-state index in [1.165, 1.54) is 12.1 Å². The Bertz CT molecular complexity index is 1680. The van der Waals surface area contributed by atoms with Crippen molar-refractivity contribution in [3.63, 3.8) is 0 Å². The number of halogens is 3. The van der Waals surface area contributed by atoms with E-state index in [-0.39, 0.29) is 16.4 Å². The minimum absolute atomic E-state index is 0.160. The maximum Gasteiger partial charge on any atom is 0.416 e. The topological polar surface area (TPSA) is 101 Å². The van der Waals surface area contributed by atoms with E-state index in [4.69, 9.17) is 15.2 Å². The summed E-state index contributed by atoms with van der Waals surface area (Å²) in [4.78, 5) is 20.3. The Morgan fingerprint density at radius 1 is 1.02 bits per heavy atom. The molecule has 0 saturated carbocycles. The molecule has 204 valence electrons. The molecular weight excluding hydrogens is 541 g/mol. The van der Waals surface area contributed by atoms with Crippen LogP contribution >= 0.6 is 11.3 Å². The SMILES string of the molecule is Nc1c(C(=O)Nc2c[n+](N3CCCCC3)no2)sc2nc(-c3ccccc3)cc(-c3ccc(C(F)(F)F)cc3)c12. The number of amides is 1. The van der Waals surface area contributed by atoms with Crippen LogP contribution in [0.25, 0.3) is 32.6 Å². The summed E-state index contributed by atoms with van der Waals surface area (Å²) in [5.74, 6) is -0.338. The number of carbonyl (C=O) groups excluding carboxylic acids is 1. The summed E-state index contributed by atoms with van der Waals surface area (Å²) >= 11 is 1.10. The second kappa shape index (κ2) is 10.3. The maximum atomic E-state index is 13.3. The fraction of sp³-hybridized carbons (Fsp3) is 0.214. The van der Waals surface area contributed by atoms with Crippen molar-refractivity contribution in [3.8, 4) is 22.4 Å². The quantitative estimate of drug-likeness (QED) is 0.258. The second-order valence-electron chi connectivity index (χ2n) is 9.48. The molecule has 40 heavy (non-hydrogen) atoms. The number of nitrogens with two attached hydrogens (primary N) is 1. The highest BCUT2D eigenvalue weighted by Gasteiger charge is 2.30. The number of hydrogen-bond acceptors (Lipinski definition) is 7. The van der Waals surface area contributed by atoms with Crippen LogP contribution in [0.15, 0.2) is 71.4 Å². The van der Waals surface area contributed by atoms with Gasteiger partial charge in [0.1, 0.15) is 9.71 Å². The van der Waals surface area contributed by atoms with Gasteiger partial charge in [0.05, 0.1) is 34.8 Å². The molecule has 3 aromatic heterocycles. The van der Waals surface area contributed by atoms with Gasteiger partial charge in [-0.15, -0.1) is 11.3 Å². The lowest BCUT2D eigenvalue weighted by Gasteiger charge is -2.17. The smallest absolute Gasteiger partial charge is 0.397 e. The predicted octanol–water partition coefficient (Wildman–Crippen LogP) is 5.88. The number of alkyl halides is 3. The normalized spacial score (nSPS) is 14.0. The molecule has 1 saturated heterocycles. The van der Waals surface area contributed by atoms with Gasteiger partial charge in [-0.2, -0.15) is 18.2 Å². The summed E-state index contributed by atoms with van der Waals surface area (Å²) < 4.78 is 45.0. The molecule has 0 aliphatic carbocycles. The average molecular weight is 566 g/mol. The third-order valence-electron chi connectivity index (χ3n) is 6.81. The number of anilines is 2. The molecule has 5 aromatic rings. The number of nitrogen functional groups attached to an aromatic ring is 1. The number of nitrogens with zero attached hydrogens (tertiary/aromatic N) is 4. The van der Waals surface area contributed by atoms with Gasteiger partial charge in [0.2, 0.25) is 5.27 Å². The van der Waals surface area contributed by atoms with Gasteiger partial charge in [0.15, 0.2) is 0 Å². The van der Waals surface area contributed by atoms with Gasteiger partial charge < -0.3 is 5.73 Å². The van der Waals surface area contributed by atoms with Gasteiger partial charge in [-0.1, -0.05) is 42.5 Å². The molecule has 8 nitrogen and oxygen atoms in total. The number of aromatic nitrogens is 3. The molecule has 0 bridgehead atoms. The highest BCUT2D eigenvalue weighted by atomic mass is 32.1. The Kier molecular flexibility index (Phi) is 6.62. The third kappa shape index (κ3) is 4.97. The molecule has 1 amide bonds. The van der Waals surface area contributed by atoms with Crippen molar-refractivity contribution >= 4 is 39.0 Å². The number of benzene rings is 2. The summed E-state index contributed by atoms with van der Waals surface area (Å²) in [5, 5.41) is 9.24. The predicted molar refractivity (Wildman–Crippen MR) is 146 cm³/mol. The average Bonchev–Trinajstić information content (AvgIpc) is 3.57. The van der Waals surface area contributed by atoms with Crippen molar-refractivity contribution in [1.29, 1.82) is 0 Å². The molecule has 2 aromatic carbocycles. The number of thiophene rings is 1. The molecule has 4 heterocycles. The minimum atomic E-state index is -4.46. The summed E-state index contributed by atoms with van der Waals surface area (Å²) in [7, 11) is 0. The highest BCUT2D eigenvalue weighted by Crippen LogP contribution is 2.42. The van der Waals surface area contributed by atoms with Crippen LogP contribution in [0.5, 0.6) is 0 Å². The standard InChI is InChI=1S/C28H23F3N6O2S/c29-28(30,31)19-11-9-17(10-12-19)20-15-21(18-7-3-1-4-8-18)33-27-23(20)24(32)25(40-27)26(38)34-22-16-37(35-39-22)36-13-5-2-6-14-36/h1,3-4,7-12,15-16H,2,5-6,13-14H2,(H2-,32,34,35,38)/p+1. The van der Waals surface area contributed by atoms with E-state index in [2.05, 4.69) is 10.6 Å². The van der Waals surface area contributed by atoms with E-state index >= 15 is 0 Å². The van der Waals surface area contributed by atoms with Crippen LogP contribution in [-0.4, -0.2) is 29.3 Å². The lowest BCUT2D eigenvalue weighted by Crippen LogP contribution is -2.60. The van der Waals surface area contributed by atoms with Crippen LogP contribution in [0.1, 0.15) is 34.5 Å². The molecule has 1 aliphatic heterocycles. The number of carbonyl (C=O) groups is 1. The summed E-state index contributed by atoms with van der Waals surface area (Å²) in [5.41, 5.74) is 8.46. The fourth-order valence-electron chi connectivity index (χ4n) is 4.79. The monoisotopic (exact) mass is 565 g/mol. The number of hydrogen-bond donors (Lipinski definition) is 2. The first-order valence-electron chi connectivity index (χ1n) is 12.7. The van der Waals surface area contributed by atoms with Gasteiger partial charge in [-0.05, 0) is 48.6 Å². The maximum absolute atomic E-state index is 13.3. The number of piperidine rings is 1. The molecular formula is C28H24F3N6O2S+. The van der Waals surface area contributed by atoms with Gasteiger partial charge in [-0.3, -0.25) is 14.6 Å². The zero-order valence-corrected chi connectivity index (χ0v) is 21.9. The lowest BCUT2D eigenvalue weighted by molar-refractivity contribution is -0.759. The lowest BCUT2D eigenvalue weighted by atomic mass is 9.98. The van der Waals surface area contributed by atoms with E-state index in [1.54, 1.807) is 17.1 Å². The Morgan fingerprint density at radius 3 is 2.45 bits per heavy atom. The largest absolute Gasteiger partial charge is 0.416 e. The van der Waals surface area contributed by atoms with Crippen LogP contribution in [0.4, 0.5) is 24.7 Å². The second-order valence-corrected chi connectivity index (χ2v) is 10.5. The number of pyridine rings is 1. The van der Waals surface area contributed by atoms with E-state index in [0.29, 0.717) is 27.0 Å². The molecule has 0 spiro atoms. The van der Waals surface area contributed by atoms with Crippen molar-refractivity contribution in [2.24, 2.45) is 0 Å². The van der Waals surface area contributed by atoms with Crippen molar-refractivity contribution < 1.29 is 27.3 Å². The highest BCUT2D eigenvalue weighted by molar-refractivity contribution is 7.21. The van der Waals surface area contributed by atoms with E-state index in [1.807, 2.05) is 35.3 Å². The van der Waals surface area contributed by atoms with Gasteiger partial charge in [0.25, 0.3) is 12.1 Å². The summed E-state index contributed by atoms with van der Waals surface area (Å²) in [6.07, 6.45) is 0.420. The first-order valence-corrected chi connectivity index (χ1v) is 13.5. The van der Waals surface area contributed by atoms with Crippen molar-refractivity contribution in [2.75, 3.05) is 29.1 Å². The van der Waals surface area contributed by atoms with Gasteiger partial charge in [-0.25, -0.2) is 4.98 Å². The van der Waals surface area contributed by atoms with Crippen LogP contribution in [0.3, 0.4) is 0 Å². The first-order chi connectivity index (χ1) is 19.3. The molecule has 3 N–H and O–H groups in total. The third-order valence-corrected chi connectivity index (χ3v) is 7.91. The van der Waals surface area contributed by atoms with Crippen LogP contribution in [0, 0.1) is 0 Å². The Labute approximate surface area is 230 Å². The molecule has 0 unspecified atom stereocenters. The van der Waals surface area contributed by atoms with Crippen LogP contribution in [-0.2, 0) is 6.18 Å². The number of fused-ring (bicyclic) bond motifs is 1. The Balaban J connectivity index is 1.39. The zero-order valence-electron chi connectivity index (χ0n) is 21.1. The van der Waals surface area contributed by atoms with E-state index < -0.39 is 17.6 Å². The van der Waals surface area contributed by atoms with Crippen molar-refractivity contribution in [2.45, 2.75) is 25.4 Å². The fourth-order valence-corrected chi connectivity index (χ4v) is 5.80. The molecule has 1 aliphatic rings. The van der Waals surface area contributed by atoms with Crippen LogP contribution < -0.4 is 20.9 Å². The zero-order chi connectivity index (χ0) is 27.9. The van der Waals surface area contributed by atoms with Gasteiger partial charge in [0, 0.05) is 10.9 Å². The number of nitrogens with one attached hydrogen (secondary N) is 1. The summed E-state index contributed by atoms with van der Waals surface area (Å²) in [6, 6.07) is 16.0. The van der Waals surface area contributed by atoms with Crippen LogP contribution in [0.2, 0.25) is 0 Å². The molecule has 0 radical (unpaired) electrons. The molecule has 1 fully saturated rings. The van der Waals surface area contributed by atoms with E-state index in [0.717, 1.165) is 61.4 Å². The van der Waals surface area contributed by atoms with E-state index in [9.17, 15) is 18.0 Å². The van der Waals surface area contributed by atoms with Crippen molar-refractivity contribution in [3.05, 3.63) is 77.3 Å². The first kappa shape index (κ1) is 25.8. The van der Waals surface area contributed by atoms with Gasteiger partial charge >= 0.3 is 12.1 Å². The molecule has 12 heteroatoms. The molecule has 6 rings (SSSR count). The Hall–Kier alpha value is -4.45.